The SMILES string of the molecule is CN=C(NCC1(N2CCCCC2)CCN(C)CC1)N(C)Cc1nc2c(s1)CCCC2.I. The third kappa shape index (κ3) is 6.12. The lowest BCUT2D eigenvalue weighted by Crippen LogP contribution is -2.62. The number of hydrogen-bond donors (Lipinski definition) is 1. The van der Waals surface area contributed by atoms with Gasteiger partial charge in [-0.25, -0.2) is 4.98 Å². The molecule has 4 rings (SSSR count). The van der Waals surface area contributed by atoms with E-state index < -0.39 is 0 Å². The van der Waals surface area contributed by atoms with Crippen LogP contribution in [0.4, 0.5) is 0 Å². The molecule has 0 bridgehead atoms. The Hall–Kier alpha value is -0.450. The highest BCUT2D eigenvalue weighted by Gasteiger charge is 2.39. The maximum atomic E-state index is 4.93. The first-order valence-corrected chi connectivity index (χ1v) is 12.7. The molecule has 0 radical (unpaired) electrons. The fraction of sp³-hybridized carbons (Fsp3) is 0.826. The minimum atomic E-state index is 0. The third-order valence-corrected chi connectivity index (χ3v) is 8.50. The first kappa shape index (κ1) is 25.2. The van der Waals surface area contributed by atoms with Crippen molar-refractivity contribution in [3.05, 3.63) is 15.6 Å². The van der Waals surface area contributed by atoms with Crippen molar-refractivity contribution in [2.24, 2.45) is 4.99 Å². The molecule has 0 amide bonds. The van der Waals surface area contributed by atoms with Crippen LogP contribution in [0.5, 0.6) is 0 Å². The third-order valence-electron chi connectivity index (χ3n) is 7.36. The Morgan fingerprint density at radius 3 is 2.48 bits per heavy atom. The van der Waals surface area contributed by atoms with Gasteiger partial charge in [-0.1, -0.05) is 6.42 Å². The fourth-order valence-electron chi connectivity index (χ4n) is 5.39. The molecule has 1 aromatic heterocycles. The fourth-order valence-corrected chi connectivity index (χ4v) is 6.60. The van der Waals surface area contributed by atoms with E-state index in [4.69, 9.17) is 4.98 Å². The average molecular weight is 561 g/mol. The van der Waals surface area contributed by atoms with E-state index in [9.17, 15) is 0 Å². The summed E-state index contributed by atoms with van der Waals surface area (Å²) in [6.07, 6.45) is 11.6. The molecule has 0 saturated carbocycles. The molecule has 2 saturated heterocycles. The normalized spacial score (nSPS) is 22.5. The molecule has 1 N–H and O–H groups in total. The number of nitrogens with zero attached hydrogens (tertiary/aromatic N) is 5. The Kier molecular flexibility index (Phi) is 9.43. The maximum Gasteiger partial charge on any atom is 0.193 e. The second-order valence-corrected chi connectivity index (χ2v) is 10.7. The molecule has 2 fully saturated rings. The lowest BCUT2D eigenvalue weighted by atomic mass is 9.84. The van der Waals surface area contributed by atoms with Gasteiger partial charge >= 0.3 is 0 Å². The van der Waals surface area contributed by atoms with Crippen LogP contribution in [0, 0.1) is 0 Å². The van der Waals surface area contributed by atoms with Crippen molar-refractivity contribution >= 4 is 41.3 Å². The number of piperidine rings is 2. The molecule has 31 heavy (non-hydrogen) atoms. The highest BCUT2D eigenvalue weighted by Crippen LogP contribution is 2.31. The maximum absolute atomic E-state index is 4.93. The summed E-state index contributed by atoms with van der Waals surface area (Å²) in [6, 6.07) is 0. The molecule has 1 aliphatic carbocycles. The highest BCUT2D eigenvalue weighted by molar-refractivity contribution is 14.0. The van der Waals surface area contributed by atoms with Gasteiger partial charge < -0.3 is 15.1 Å². The van der Waals surface area contributed by atoms with Gasteiger partial charge in [-0.15, -0.1) is 35.3 Å². The predicted molar refractivity (Wildman–Crippen MR) is 142 cm³/mol. The van der Waals surface area contributed by atoms with Gasteiger partial charge in [-0.2, -0.15) is 0 Å². The van der Waals surface area contributed by atoms with Crippen LogP contribution in [-0.2, 0) is 19.4 Å². The summed E-state index contributed by atoms with van der Waals surface area (Å²) in [5.74, 6) is 0.999. The summed E-state index contributed by atoms with van der Waals surface area (Å²) in [4.78, 5) is 18.6. The number of hydrogen-bond acceptors (Lipinski definition) is 5. The van der Waals surface area contributed by atoms with Crippen molar-refractivity contribution in [3.8, 4) is 0 Å². The topological polar surface area (TPSA) is 47.0 Å². The van der Waals surface area contributed by atoms with Crippen LogP contribution in [0.2, 0.25) is 0 Å². The van der Waals surface area contributed by atoms with E-state index in [0.717, 1.165) is 25.5 Å². The predicted octanol–water partition coefficient (Wildman–Crippen LogP) is 3.60. The summed E-state index contributed by atoms with van der Waals surface area (Å²) in [6.45, 7) is 6.73. The number of nitrogens with one attached hydrogen (secondary N) is 1. The van der Waals surface area contributed by atoms with Gasteiger partial charge in [-0.05, 0) is 84.6 Å². The zero-order valence-corrected chi connectivity index (χ0v) is 22.8. The van der Waals surface area contributed by atoms with Crippen molar-refractivity contribution in [2.45, 2.75) is 69.9 Å². The summed E-state index contributed by atoms with van der Waals surface area (Å²) in [7, 11) is 6.32. The summed E-state index contributed by atoms with van der Waals surface area (Å²) in [5.41, 5.74) is 1.62. The van der Waals surface area contributed by atoms with Gasteiger partial charge in [0.15, 0.2) is 5.96 Å². The van der Waals surface area contributed by atoms with Crippen molar-refractivity contribution in [1.82, 2.24) is 25.0 Å². The Bertz CT molecular complexity index is 698. The number of aliphatic imine (C=N–C) groups is 1. The smallest absolute Gasteiger partial charge is 0.193 e. The van der Waals surface area contributed by atoms with Crippen molar-refractivity contribution in [2.75, 3.05) is 53.9 Å². The van der Waals surface area contributed by atoms with E-state index in [-0.39, 0.29) is 29.5 Å². The van der Waals surface area contributed by atoms with E-state index in [1.165, 1.54) is 93.1 Å². The quantitative estimate of drug-likeness (QED) is 0.339. The zero-order chi connectivity index (χ0) is 21.0. The van der Waals surface area contributed by atoms with E-state index >= 15 is 0 Å². The lowest BCUT2D eigenvalue weighted by molar-refractivity contribution is 0.0170. The lowest BCUT2D eigenvalue weighted by Gasteiger charge is -2.50. The molecule has 3 aliphatic rings. The minimum absolute atomic E-state index is 0. The second kappa shape index (κ2) is 11.6. The number of aryl methyl sites for hydroxylation is 2. The second-order valence-electron chi connectivity index (χ2n) is 9.52. The summed E-state index contributed by atoms with van der Waals surface area (Å²) in [5, 5.41) is 5.00. The summed E-state index contributed by atoms with van der Waals surface area (Å²) < 4.78 is 0. The Morgan fingerprint density at radius 2 is 1.81 bits per heavy atom. The van der Waals surface area contributed by atoms with Crippen LogP contribution in [0.15, 0.2) is 4.99 Å². The van der Waals surface area contributed by atoms with E-state index in [1.54, 1.807) is 0 Å². The highest BCUT2D eigenvalue weighted by atomic mass is 127. The monoisotopic (exact) mass is 560 g/mol. The van der Waals surface area contributed by atoms with Crippen LogP contribution in [-0.4, -0.2) is 85.0 Å². The number of likely N-dealkylation sites (tertiary alicyclic amines) is 2. The Balaban J connectivity index is 0.00000272. The number of rotatable bonds is 5. The largest absolute Gasteiger partial charge is 0.354 e. The first-order chi connectivity index (χ1) is 14.6. The van der Waals surface area contributed by atoms with Gasteiger partial charge in [-0.3, -0.25) is 9.89 Å². The zero-order valence-electron chi connectivity index (χ0n) is 19.7. The van der Waals surface area contributed by atoms with E-state index in [1.807, 2.05) is 18.4 Å². The van der Waals surface area contributed by atoms with E-state index in [2.05, 4.69) is 39.1 Å². The Labute approximate surface area is 209 Å². The first-order valence-electron chi connectivity index (χ1n) is 11.9. The van der Waals surface area contributed by atoms with Gasteiger partial charge in [0.2, 0.25) is 0 Å². The van der Waals surface area contributed by atoms with Crippen LogP contribution < -0.4 is 5.32 Å². The molecule has 0 unspecified atom stereocenters. The number of guanidine groups is 1. The van der Waals surface area contributed by atoms with Gasteiger partial charge in [0, 0.05) is 31.1 Å². The Morgan fingerprint density at radius 1 is 1.10 bits per heavy atom. The van der Waals surface area contributed by atoms with Gasteiger partial charge in [0.25, 0.3) is 0 Å². The molecule has 2 aliphatic heterocycles. The van der Waals surface area contributed by atoms with Crippen molar-refractivity contribution in [3.63, 3.8) is 0 Å². The number of fused-ring (bicyclic) bond motifs is 1. The minimum Gasteiger partial charge on any atom is -0.354 e. The molecule has 6 nitrogen and oxygen atoms in total. The molecule has 0 spiro atoms. The molecule has 3 heterocycles. The molecule has 0 aromatic carbocycles. The number of aromatic nitrogens is 1. The van der Waals surface area contributed by atoms with Crippen LogP contribution in [0.25, 0.3) is 0 Å². The number of halogens is 1. The average Bonchev–Trinajstić information content (AvgIpc) is 3.18. The number of thiazole rings is 1. The molecule has 8 heteroatoms. The molecular weight excluding hydrogens is 519 g/mol. The van der Waals surface area contributed by atoms with Gasteiger partial charge in [0.1, 0.15) is 5.01 Å². The summed E-state index contributed by atoms with van der Waals surface area (Å²) >= 11 is 1.91. The van der Waals surface area contributed by atoms with Crippen molar-refractivity contribution < 1.29 is 0 Å². The van der Waals surface area contributed by atoms with Crippen LogP contribution >= 0.6 is 35.3 Å². The molecular formula is C23H41IN6S. The molecule has 176 valence electrons. The van der Waals surface area contributed by atoms with Crippen LogP contribution in [0.3, 0.4) is 0 Å². The van der Waals surface area contributed by atoms with Gasteiger partial charge in [0.05, 0.1) is 12.2 Å². The molecule has 0 atom stereocenters. The van der Waals surface area contributed by atoms with Crippen molar-refractivity contribution in [1.29, 1.82) is 0 Å². The van der Waals surface area contributed by atoms with E-state index in [0.29, 0.717) is 0 Å². The van der Waals surface area contributed by atoms with Crippen LogP contribution in [0.1, 0.15) is 60.5 Å². The standard InChI is InChI=1S/C23H40N6S.HI/c1-24-22(28(3)17-21-26-19-9-5-6-10-20(19)30-21)25-18-23(11-15-27(2)16-12-23)29-13-7-4-8-14-29;/h4-18H2,1-3H3,(H,24,25);1H. The molecule has 1 aromatic rings.